The summed E-state index contributed by atoms with van der Waals surface area (Å²) < 4.78 is 5.08. The number of carbonyl (C=O) groups excluding carboxylic acids is 1. The van der Waals surface area contributed by atoms with Gasteiger partial charge in [-0.05, 0) is 24.6 Å². The van der Waals surface area contributed by atoms with Gasteiger partial charge in [-0.3, -0.25) is 4.79 Å². The van der Waals surface area contributed by atoms with Crippen LogP contribution >= 0.6 is 11.3 Å². The Hall–Kier alpha value is -2.41. The van der Waals surface area contributed by atoms with Crippen LogP contribution in [0.1, 0.15) is 53.0 Å². The van der Waals surface area contributed by atoms with Gasteiger partial charge in [-0.15, -0.1) is 11.3 Å². The zero-order chi connectivity index (χ0) is 17.7. The summed E-state index contributed by atoms with van der Waals surface area (Å²) in [5.41, 5.74) is 0.902. The zero-order valence-electron chi connectivity index (χ0n) is 13.8. The quantitative estimate of drug-likeness (QED) is 0.802. The molecule has 0 aliphatic rings. The summed E-state index contributed by atoms with van der Waals surface area (Å²) in [7, 11) is 0. The number of hydrogen-bond acceptors (Lipinski definition) is 5. The molecule has 0 spiro atoms. The molecule has 0 aliphatic heterocycles. The van der Waals surface area contributed by atoms with Crippen molar-refractivity contribution in [1.82, 2.24) is 10.3 Å². The van der Waals surface area contributed by atoms with Crippen molar-refractivity contribution in [3.8, 4) is 5.75 Å². The minimum atomic E-state index is -1.02. The molecule has 6 nitrogen and oxygen atoms in total. The molecule has 1 amide bonds. The van der Waals surface area contributed by atoms with Crippen LogP contribution in [-0.4, -0.2) is 28.6 Å². The first-order valence-electron chi connectivity index (χ1n) is 7.58. The fourth-order valence-corrected chi connectivity index (χ4v) is 2.83. The summed E-state index contributed by atoms with van der Waals surface area (Å²) in [5.74, 6) is -0.404. The van der Waals surface area contributed by atoms with Gasteiger partial charge in [-0.1, -0.05) is 26.0 Å². The van der Waals surface area contributed by atoms with Crippen LogP contribution in [0, 0.1) is 0 Å². The molecule has 128 valence electrons. The van der Waals surface area contributed by atoms with E-state index in [4.69, 9.17) is 9.84 Å². The molecule has 0 saturated carbocycles. The van der Waals surface area contributed by atoms with E-state index in [9.17, 15) is 9.59 Å². The van der Waals surface area contributed by atoms with Crippen LogP contribution in [-0.2, 0) is 4.79 Å². The maximum Gasteiger partial charge on any atom is 0.341 e. The summed E-state index contributed by atoms with van der Waals surface area (Å²) in [6.07, 6.45) is 1.60. The molecule has 2 rings (SSSR count). The Bertz CT molecular complexity index is 710. The second-order valence-electron chi connectivity index (χ2n) is 5.66. The number of carbonyl (C=O) groups is 2. The number of thiazole rings is 1. The third kappa shape index (κ3) is 4.79. The molecule has 1 unspecified atom stereocenters. The van der Waals surface area contributed by atoms with Crippen molar-refractivity contribution in [2.24, 2.45) is 0 Å². The van der Waals surface area contributed by atoms with E-state index in [0.717, 1.165) is 10.6 Å². The number of carboxylic acid groups (broad SMARTS) is 1. The molecule has 7 heteroatoms. The number of amides is 1. The zero-order valence-corrected chi connectivity index (χ0v) is 14.6. The van der Waals surface area contributed by atoms with Crippen molar-refractivity contribution in [2.45, 2.75) is 32.7 Å². The lowest BCUT2D eigenvalue weighted by Crippen LogP contribution is -2.25. The van der Waals surface area contributed by atoms with Crippen molar-refractivity contribution < 1.29 is 19.4 Å². The second-order valence-corrected chi connectivity index (χ2v) is 6.73. The first-order chi connectivity index (χ1) is 11.4. The van der Waals surface area contributed by atoms with Crippen molar-refractivity contribution in [2.75, 3.05) is 6.61 Å². The van der Waals surface area contributed by atoms with Crippen molar-refractivity contribution in [3.63, 3.8) is 0 Å². The van der Waals surface area contributed by atoms with E-state index in [-0.39, 0.29) is 18.6 Å². The number of ether oxygens (including phenoxy) is 1. The second kappa shape index (κ2) is 7.92. The molecule has 1 aromatic carbocycles. The van der Waals surface area contributed by atoms with Gasteiger partial charge >= 0.3 is 5.97 Å². The Morgan fingerprint density at radius 2 is 1.92 bits per heavy atom. The van der Waals surface area contributed by atoms with Crippen LogP contribution in [0.3, 0.4) is 0 Å². The van der Waals surface area contributed by atoms with Crippen LogP contribution in [0.4, 0.5) is 0 Å². The number of aliphatic carboxylic acids is 1. The van der Waals surface area contributed by atoms with Gasteiger partial charge in [0, 0.05) is 5.92 Å². The molecular formula is C17H20N2O4S. The molecule has 2 N–H and O–H groups in total. The minimum Gasteiger partial charge on any atom is -0.482 e. The molecule has 0 bridgehead atoms. The molecule has 1 heterocycles. The normalized spacial score (nSPS) is 12.0. The fourth-order valence-electron chi connectivity index (χ4n) is 2.01. The molecular weight excluding hydrogens is 328 g/mol. The van der Waals surface area contributed by atoms with Gasteiger partial charge in [-0.2, -0.15) is 0 Å². The monoisotopic (exact) mass is 348 g/mol. The third-order valence-electron chi connectivity index (χ3n) is 3.33. The van der Waals surface area contributed by atoms with Crippen LogP contribution in [0.15, 0.2) is 30.5 Å². The lowest BCUT2D eigenvalue weighted by atomic mass is 10.1. The first-order valence-corrected chi connectivity index (χ1v) is 8.39. The predicted molar refractivity (Wildman–Crippen MR) is 91.7 cm³/mol. The van der Waals surface area contributed by atoms with Gasteiger partial charge in [0.25, 0.3) is 5.91 Å². The average molecular weight is 348 g/mol. The van der Waals surface area contributed by atoms with Gasteiger partial charge in [0.05, 0.1) is 17.2 Å². The highest BCUT2D eigenvalue weighted by atomic mass is 32.1. The highest BCUT2D eigenvalue weighted by Gasteiger charge is 2.15. The summed E-state index contributed by atoms with van der Waals surface area (Å²) in [4.78, 5) is 27.6. The number of rotatable bonds is 7. The average Bonchev–Trinajstić information content (AvgIpc) is 3.03. The van der Waals surface area contributed by atoms with Crippen LogP contribution in [0.2, 0.25) is 0 Å². The Kier molecular flexibility index (Phi) is 5.92. The van der Waals surface area contributed by atoms with Crippen LogP contribution < -0.4 is 10.1 Å². The van der Waals surface area contributed by atoms with E-state index in [1.807, 2.05) is 20.8 Å². The summed E-state index contributed by atoms with van der Waals surface area (Å²) in [6, 6.07) is 6.79. The number of carboxylic acids is 1. The molecule has 24 heavy (non-hydrogen) atoms. The van der Waals surface area contributed by atoms with Crippen molar-refractivity contribution >= 4 is 23.2 Å². The van der Waals surface area contributed by atoms with E-state index >= 15 is 0 Å². The van der Waals surface area contributed by atoms with Gasteiger partial charge in [0.2, 0.25) is 0 Å². The Labute approximate surface area is 144 Å². The minimum absolute atomic E-state index is 0.155. The molecule has 1 atom stereocenters. The SMILES string of the molecule is CC(C)c1ncc(C(=O)NC(C)c2ccc(OCC(=O)O)cc2)s1. The highest BCUT2D eigenvalue weighted by Crippen LogP contribution is 2.22. The predicted octanol–water partition coefficient (Wildman–Crippen LogP) is 3.22. The van der Waals surface area contributed by atoms with E-state index in [2.05, 4.69) is 10.3 Å². The molecule has 0 fully saturated rings. The van der Waals surface area contributed by atoms with Crippen LogP contribution in [0.25, 0.3) is 0 Å². The topological polar surface area (TPSA) is 88.5 Å². The van der Waals surface area contributed by atoms with E-state index < -0.39 is 5.97 Å². The number of nitrogens with zero attached hydrogens (tertiary/aromatic N) is 1. The number of hydrogen-bond donors (Lipinski definition) is 2. The Balaban J connectivity index is 1.96. The fraction of sp³-hybridized carbons (Fsp3) is 0.353. The highest BCUT2D eigenvalue weighted by molar-refractivity contribution is 7.13. The van der Waals surface area contributed by atoms with Gasteiger partial charge < -0.3 is 15.2 Å². The van der Waals surface area contributed by atoms with Gasteiger partial charge in [0.15, 0.2) is 6.61 Å². The van der Waals surface area contributed by atoms with Crippen molar-refractivity contribution in [3.05, 3.63) is 45.9 Å². The molecule has 1 aromatic heterocycles. The van der Waals surface area contributed by atoms with Gasteiger partial charge in [0.1, 0.15) is 10.6 Å². The first kappa shape index (κ1) is 17.9. The summed E-state index contributed by atoms with van der Waals surface area (Å²) >= 11 is 1.40. The molecule has 0 radical (unpaired) electrons. The van der Waals surface area contributed by atoms with E-state index in [0.29, 0.717) is 16.5 Å². The number of nitrogens with one attached hydrogen (secondary N) is 1. The Morgan fingerprint density at radius 1 is 1.25 bits per heavy atom. The molecule has 0 saturated heterocycles. The lowest BCUT2D eigenvalue weighted by Gasteiger charge is -2.14. The largest absolute Gasteiger partial charge is 0.482 e. The van der Waals surface area contributed by atoms with Crippen molar-refractivity contribution in [1.29, 1.82) is 0 Å². The molecule has 0 aliphatic carbocycles. The standard InChI is InChI=1S/C17H20N2O4S/c1-10(2)17-18-8-14(24-17)16(22)19-11(3)12-4-6-13(7-5-12)23-9-15(20)21/h4-8,10-11H,9H2,1-3H3,(H,19,22)(H,20,21). The summed E-state index contributed by atoms with van der Waals surface area (Å²) in [6.45, 7) is 5.58. The third-order valence-corrected chi connectivity index (χ3v) is 4.63. The van der Waals surface area contributed by atoms with Crippen LogP contribution in [0.5, 0.6) is 5.75 Å². The van der Waals surface area contributed by atoms with E-state index in [1.54, 1.807) is 30.5 Å². The smallest absolute Gasteiger partial charge is 0.341 e. The Morgan fingerprint density at radius 3 is 2.46 bits per heavy atom. The maximum atomic E-state index is 12.3. The molecule has 2 aromatic rings. The number of benzene rings is 1. The lowest BCUT2D eigenvalue weighted by molar-refractivity contribution is -0.139. The van der Waals surface area contributed by atoms with E-state index in [1.165, 1.54) is 11.3 Å². The maximum absolute atomic E-state index is 12.3. The summed E-state index contributed by atoms with van der Waals surface area (Å²) in [5, 5.41) is 12.5. The number of aromatic nitrogens is 1. The van der Waals surface area contributed by atoms with Gasteiger partial charge in [-0.25, -0.2) is 9.78 Å².